The van der Waals surface area contributed by atoms with E-state index in [0.717, 1.165) is 11.1 Å². The number of halogens is 5. The summed E-state index contributed by atoms with van der Waals surface area (Å²) in [7, 11) is 0. The molecule has 2 aromatic carbocycles. The number of hydrogen-bond donors (Lipinski definition) is 0. The first-order valence-electron chi connectivity index (χ1n) is 5.02. The Kier molecular flexibility index (Phi) is 4.85. The monoisotopic (exact) mass is 382 g/mol. The molecule has 0 bridgehead atoms. The molecule has 0 amide bonds. The van der Waals surface area contributed by atoms with Gasteiger partial charge in [0.25, 0.3) is 0 Å². The molecule has 0 spiro atoms. The van der Waals surface area contributed by atoms with Gasteiger partial charge in [0.2, 0.25) is 0 Å². The van der Waals surface area contributed by atoms with Crippen molar-refractivity contribution < 1.29 is 0 Å². The highest BCUT2D eigenvalue weighted by Gasteiger charge is 2.13. The molecule has 18 heavy (non-hydrogen) atoms. The lowest BCUT2D eigenvalue weighted by Crippen LogP contribution is -1.93. The summed E-state index contributed by atoms with van der Waals surface area (Å²) in [6.07, 6.45) is 0. The highest BCUT2D eigenvalue weighted by Crippen LogP contribution is 2.36. The second-order valence-corrected chi connectivity index (χ2v) is 6.34. The zero-order valence-electron chi connectivity index (χ0n) is 8.93. The molecule has 0 fully saturated rings. The molecule has 1 atom stereocenters. The van der Waals surface area contributed by atoms with Gasteiger partial charge in [0.05, 0.1) is 14.9 Å². The van der Waals surface area contributed by atoms with Crippen LogP contribution in [-0.2, 0) is 0 Å². The van der Waals surface area contributed by atoms with Crippen LogP contribution in [0.1, 0.15) is 16.0 Å². The Morgan fingerprint density at radius 1 is 0.722 bits per heavy atom. The summed E-state index contributed by atoms with van der Waals surface area (Å²) in [5.74, 6) is 0. The predicted molar refractivity (Wildman–Crippen MR) is 83.7 cm³/mol. The second-order valence-electron chi connectivity index (χ2n) is 3.74. The van der Waals surface area contributed by atoms with Crippen LogP contribution in [-0.4, -0.2) is 0 Å². The Bertz CT molecular complexity index is 563. The van der Waals surface area contributed by atoms with Crippen molar-refractivity contribution in [2.24, 2.45) is 0 Å². The molecule has 2 rings (SSSR count). The summed E-state index contributed by atoms with van der Waals surface area (Å²) in [5.41, 5.74) is 1.95. The lowest BCUT2D eigenvalue weighted by atomic mass is 10.1. The van der Waals surface area contributed by atoms with Crippen molar-refractivity contribution in [1.29, 1.82) is 0 Å². The summed E-state index contributed by atoms with van der Waals surface area (Å²) in [6.45, 7) is 0. The van der Waals surface area contributed by atoms with E-state index >= 15 is 0 Å². The Labute approximate surface area is 134 Å². The van der Waals surface area contributed by atoms with Gasteiger partial charge < -0.3 is 0 Å². The molecule has 0 aliphatic rings. The second kappa shape index (κ2) is 6.02. The van der Waals surface area contributed by atoms with Gasteiger partial charge in [-0.3, -0.25) is 0 Å². The molecule has 0 N–H and O–H groups in total. The number of benzene rings is 2. The highest BCUT2D eigenvalue weighted by molar-refractivity contribution is 9.09. The number of alkyl halides is 1. The van der Waals surface area contributed by atoms with Gasteiger partial charge in [0, 0.05) is 10.0 Å². The molecule has 0 heterocycles. The fraction of sp³-hybridized carbons (Fsp3) is 0.0769. The molecule has 0 aliphatic carbocycles. The average molecular weight is 385 g/mol. The van der Waals surface area contributed by atoms with Crippen LogP contribution in [0.25, 0.3) is 0 Å². The summed E-state index contributed by atoms with van der Waals surface area (Å²) in [6, 6.07) is 10.9. The number of rotatable bonds is 2. The van der Waals surface area contributed by atoms with Crippen molar-refractivity contribution in [2.75, 3.05) is 0 Å². The van der Waals surface area contributed by atoms with E-state index in [4.69, 9.17) is 46.4 Å². The van der Waals surface area contributed by atoms with Crippen LogP contribution in [0.2, 0.25) is 20.1 Å². The molecule has 0 saturated carbocycles. The third-order valence-electron chi connectivity index (χ3n) is 2.41. The minimum atomic E-state index is -0.0385. The predicted octanol–water partition coefficient (Wildman–Crippen LogP) is 6.78. The van der Waals surface area contributed by atoms with Crippen molar-refractivity contribution in [3.8, 4) is 0 Å². The SMILES string of the molecule is Clc1cc(Cl)cc(C(Br)c2ccc(Cl)c(Cl)c2)c1. The van der Waals surface area contributed by atoms with Gasteiger partial charge in [-0.15, -0.1) is 0 Å². The Hall–Kier alpha value is 0.0800. The third-order valence-corrected chi connectivity index (χ3v) is 4.65. The zero-order chi connectivity index (χ0) is 13.3. The highest BCUT2D eigenvalue weighted by atomic mass is 79.9. The van der Waals surface area contributed by atoms with E-state index in [1.165, 1.54) is 0 Å². The molecule has 0 radical (unpaired) electrons. The van der Waals surface area contributed by atoms with Crippen LogP contribution in [0.5, 0.6) is 0 Å². The van der Waals surface area contributed by atoms with Crippen molar-refractivity contribution in [3.63, 3.8) is 0 Å². The molecule has 0 nitrogen and oxygen atoms in total. The van der Waals surface area contributed by atoms with E-state index < -0.39 is 0 Å². The van der Waals surface area contributed by atoms with Gasteiger partial charge in [-0.25, -0.2) is 0 Å². The maximum atomic E-state index is 6.00. The Balaban J connectivity index is 2.40. The first kappa shape index (κ1) is 14.5. The van der Waals surface area contributed by atoms with Crippen LogP contribution in [0.15, 0.2) is 36.4 Å². The summed E-state index contributed by atoms with van der Waals surface area (Å²) < 4.78 is 0. The van der Waals surface area contributed by atoms with Crippen LogP contribution < -0.4 is 0 Å². The largest absolute Gasteiger partial charge is 0.0843 e. The van der Waals surface area contributed by atoms with E-state index in [2.05, 4.69) is 15.9 Å². The molecule has 2 aromatic rings. The summed E-state index contributed by atoms with van der Waals surface area (Å²) in [4.78, 5) is -0.0385. The van der Waals surface area contributed by atoms with Crippen LogP contribution in [0.4, 0.5) is 0 Å². The quantitative estimate of drug-likeness (QED) is 0.500. The van der Waals surface area contributed by atoms with Crippen LogP contribution >= 0.6 is 62.3 Å². The molecule has 0 saturated heterocycles. The minimum Gasteiger partial charge on any atom is -0.0843 e. The van der Waals surface area contributed by atoms with Gasteiger partial charge in [-0.05, 0) is 41.5 Å². The van der Waals surface area contributed by atoms with Gasteiger partial charge in [0.15, 0.2) is 0 Å². The number of hydrogen-bond acceptors (Lipinski definition) is 0. The lowest BCUT2D eigenvalue weighted by Gasteiger charge is -2.12. The molecule has 0 aliphatic heterocycles. The summed E-state index contributed by atoms with van der Waals surface area (Å²) >= 11 is 27.5. The first-order chi connectivity index (χ1) is 8.47. The van der Waals surface area contributed by atoms with Crippen LogP contribution in [0, 0.1) is 0 Å². The van der Waals surface area contributed by atoms with Crippen molar-refractivity contribution in [2.45, 2.75) is 4.83 Å². The van der Waals surface area contributed by atoms with Crippen molar-refractivity contribution in [1.82, 2.24) is 0 Å². The molecule has 94 valence electrons. The molecule has 5 heteroatoms. The molecular formula is C13H7BrCl4. The van der Waals surface area contributed by atoms with E-state index in [-0.39, 0.29) is 4.83 Å². The fourth-order valence-corrected chi connectivity index (χ4v) is 2.98. The zero-order valence-corrected chi connectivity index (χ0v) is 13.5. The van der Waals surface area contributed by atoms with Crippen LogP contribution in [0.3, 0.4) is 0 Å². The smallest absolute Gasteiger partial charge is 0.0646 e. The minimum absolute atomic E-state index is 0.0385. The van der Waals surface area contributed by atoms with Gasteiger partial charge >= 0.3 is 0 Å². The van der Waals surface area contributed by atoms with E-state index in [1.54, 1.807) is 12.1 Å². The average Bonchev–Trinajstić information content (AvgIpc) is 2.30. The van der Waals surface area contributed by atoms with Gasteiger partial charge in [0.1, 0.15) is 0 Å². The third kappa shape index (κ3) is 3.34. The van der Waals surface area contributed by atoms with E-state index in [1.807, 2.05) is 24.3 Å². The van der Waals surface area contributed by atoms with E-state index in [9.17, 15) is 0 Å². The fourth-order valence-electron chi connectivity index (χ4n) is 1.58. The topological polar surface area (TPSA) is 0 Å². The molecule has 1 unspecified atom stereocenters. The summed E-state index contributed by atoms with van der Waals surface area (Å²) in [5, 5.41) is 2.25. The maximum absolute atomic E-state index is 6.00. The molecule has 0 aromatic heterocycles. The van der Waals surface area contributed by atoms with Crippen molar-refractivity contribution in [3.05, 3.63) is 67.6 Å². The van der Waals surface area contributed by atoms with Gasteiger partial charge in [-0.1, -0.05) is 68.4 Å². The Morgan fingerprint density at radius 2 is 1.33 bits per heavy atom. The van der Waals surface area contributed by atoms with Crippen molar-refractivity contribution >= 4 is 62.3 Å². The standard InChI is InChI=1S/C13H7BrCl4/c14-13(7-1-2-11(17)12(18)5-7)8-3-9(15)6-10(16)4-8/h1-6,13H. The Morgan fingerprint density at radius 3 is 1.89 bits per heavy atom. The maximum Gasteiger partial charge on any atom is 0.0646 e. The molecular weight excluding hydrogens is 378 g/mol. The normalized spacial score (nSPS) is 12.5. The first-order valence-corrected chi connectivity index (χ1v) is 7.45. The van der Waals surface area contributed by atoms with Gasteiger partial charge in [-0.2, -0.15) is 0 Å². The lowest BCUT2D eigenvalue weighted by molar-refractivity contribution is 1.18. The van der Waals surface area contributed by atoms with E-state index in [0.29, 0.717) is 20.1 Å².